The van der Waals surface area contributed by atoms with Gasteiger partial charge in [0.05, 0.1) is 11.3 Å². The van der Waals surface area contributed by atoms with Gasteiger partial charge in [0.15, 0.2) is 0 Å². The van der Waals surface area contributed by atoms with E-state index in [4.69, 9.17) is 10.5 Å². The number of methoxy groups -OCH3 is 1. The Kier molecular flexibility index (Phi) is 3.79. The first-order valence-corrected chi connectivity index (χ1v) is 6.32. The molecule has 0 saturated heterocycles. The van der Waals surface area contributed by atoms with Crippen LogP contribution < -0.4 is 5.73 Å². The number of hydrogen-bond acceptors (Lipinski definition) is 4. The van der Waals surface area contributed by atoms with Gasteiger partial charge in [-0.05, 0) is 12.8 Å². The first-order valence-electron chi connectivity index (χ1n) is 6.32. The summed E-state index contributed by atoms with van der Waals surface area (Å²) in [6, 6.07) is 0.00417. The molecule has 1 saturated carbocycles. The van der Waals surface area contributed by atoms with E-state index in [1.807, 2.05) is 13.2 Å². The van der Waals surface area contributed by atoms with Gasteiger partial charge >= 0.3 is 0 Å². The molecule has 17 heavy (non-hydrogen) atoms. The Bertz CT molecular complexity index is 357. The molecule has 1 atom stereocenters. The first kappa shape index (κ1) is 12.5. The molecule has 0 aromatic carbocycles. The molecule has 96 valence electrons. The van der Waals surface area contributed by atoms with Gasteiger partial charge in [-0.2, -0.15) is 0 Å². The van der Waals surface area contributed by atoms with Crippen molar-refractivity contribution in [3.05, 3.63) is 11.9 Å². The van der Waals surface area contributed by atoms with Gasteiger partial charge in [-0.25, -0.2) is 0 Å². The van der Waals surface area contributed by atoms with Crippen LogP contribution in [0.3, 0.4) is 0 Å². The third kappa shape index (κ3) is 2.66. The van der Waals surface area contributed by atoms with Crippen LogP contribution in [0.25, 0.3) is 0 Å². The van der Waals surface area contributed by atoms with E-state index in [-0.39, 0.29) is 11.6 Å². The third-order valence-electron chi connectivity index (χ3n) is 3.86. The lowest BCUT2D eigenvalue weighted by Gasteiger charge is -2.40. The van der Waals surface area contributed by atoms with Crippen molar-refractivity contribution < 1.29 is 4.74 Å². The minimum atomic E-state index is -0.157. The molecular formula is C12H22N4O. The van der Waals surface area contributed by atoms with Crippen LogP contribution in [-0.4, -0.2) is 33.7 Å². The van der Waals surface area contributed by atoms with E-state index >= 15 is 0 Å². The van der Waals surface area contributed by atoms with Crippen LogP contribution >= 0.6 is 0 Å². The average molecular weight is 238 g/mol. The van der Waals surface area contributed by atoms with E-state index in [9.17, 15) is 0 Å². The molecule has 0 radical (unpaired) electrons. The van der Waals surface area contributed by atoms with Crippen LogP contribution in [-0.2, 0) is 18.2 Å². The number of nitrogens with zero attached hydrogens (tertiary/aromatic N) is 3. The van der Waals surface area contributed by atoms with Gasteiger partial charge in [0, 0.05) is 32.8 Å². The second-order valence-electron chi connectivity index (χ2n) is 5.02. The van der Waals surface area contributed by atoms with Crippen molar-refractivity contribution in [1.29, 1.82) is 0 Å². The van der Waals surface area contributed by atoms with Crippen molar-refractivity contribution in [1.82, 2.24) is 15.0 Å². The quantitative estimate of drug-likeness (QED) is 0.851. The fraction of sp³-hybridized carbons (Fsp3) is 0.833. The van der Waals surface area contributed by atoms with Crippen LogP contribution in [0, 0.1) is 0 Å². The molecule has 1 aromatic heterocycles. The van der Waals surface area contributed by atoms with Crippen LogP contribution in [0.15, 0.2) is 6.20 Å². The lowest BCUT2D eigenvalue weighted by atomic mass is 9.78. The number of aryl methyl sites for hydroxylation is 1. The third-order valence-corrected chi connectivity index (χ3v) is 3.86. The lowest BCUT2D eigenvalue weighted by Crippen LogP contribution is -2.52. The van der Waals surface area contributed by atoms with Crippen molar-refractivity contribution in [2.75, 3.05) is 7.11 Å². The SMILES string of the molecule is COC1(C(N)Cc2cn(C)nn2)CCCCC1. The zero-order chi connectivity index (χ0) is 12.3. The Morgan fingerprint density at radius 1 is 1.47 bits per heavy atom. The molecule has 2 rings (SSSR count). The summed E-state index contributed by atoms with van der Waals surface area (Å²) in [5.74, 6) is 0. The Morgan fingerprint density at radius 2 is 2.18 bits per heavy atom. The zero-order valence-electron chi connectivity index (χ0n) is 10.7. The molecule has 0 aliphatic heterocycles. The highest BCUT2D eigenvalue weighted by Crippen LogP contribution is 2.34. The Balaban J connectivity index is 2.04. The zero-order valence-corrected chi connectivity index (χ0v) is 10.7. The maximum Gasteiger partial charge on any atom is 0.0843 e. The topological polar surface area (TPSA) is 66.0 Å². The van der Waals surface area contributed by atoms with E-state index < -0.39 is 0 Å². The minimum Gasteiger partial charge on any atom is -0.377 e. The number of aromatic nitrogens is 3. The molecule has 1 aliphatic carbocycles. The summed E-state index contributed by atoms with van der Waals surface area (Å²) in [4.78, 5) is 0. The summed E-state index contributed by atoms with van der Waals surface area (Å²) in [5, 5.41) is 8.03. The monoisotopic (exact) mass is 238 g/mol. The van der Waals surface area contributed by atoms with E-state index in [0.29, 0.717) is 0 Å². The standard InChI is InChI=1S/C12H22N4O/c1-16-9-10(14-15-16)8-11(13)12(17-2)6-4-3-5-7-12/h9,11H,3-8,13H2,1-2H3. The summed E-state index contributed by atoms with van der Waals surface area (Å²) in [5.41, 5.74) is 7.12. The van der Waals surface area contributed by atoms with Gasteiger partial charge in [-0.3, -0.25) is 4.68 Å². The molecule has 0 spiro atoms. The Morgan fingerprint density at radius 3 is 2.71 bits per heavy atom. The largest absolute Gasteiger partial charge is 0.377 e. The predicted octanol–water partition coefficient (Wildman–Crippen LogP) is 1.03. The van der Waals surface area contributed by atoms with Crippen molar-refractivity contribution in [3.8, 4) is 0 Å². The van der Waals surface area contributed by atoms with Crippen LogP contribution in [0.5, 0.6) is 0 Å². The fourth-order valence-electron chi connectivity index (χ4n) is 2.78. The predicted molar refractivity (Wildman–Crippen MR) is 65.5 cm³/mol. The van der Waals surface area contributed by atoms with Gasteiger partial charge < -0.3 is 10.5 Å². The number of hydrogen-bond donors (Lipinski definition) is 1. The molecule has 5 heteroatoms. The van der Waals surface area contributed by atoms with E-state index in [1.165, 1.54) is 19.3 Å². The minimum absolute atomic E-state index is 0.00417. The van der Waals surface area contributed by atoms with Crippen molar-refractivity contribution >= 4 is 0 Å². The second-order valence-corrected chi connectivity index (χ2v) is 5.02. The lowest BCUT2D eigenvalue weighted by molar-refractivity contribution is -0.0584. The normalized spacial score (nSPS) is 21.4. The molecule has 1 heterocycles. The molecule has 1 aromatic rings. The summed E-state index contributed by atoms with van der Waals surface area (Å²) in [7, 11) is 3.65. The summed E-state index contributed by atoms with van der Waals surface area (Å²) in [6.45, 7) is 0. The summed E-state index contributed by atoms with van der Waals surface area (Å²) in [6.07, 6.45) is 8.50. The Labute approximate surface area is 102 Å². The highest BCUT2D eigenvalue weighted by Gasteiger charge is 2.38. The highest BCUT2D eigenvalue weighted by atomic mass is 16.5. The van der Waals surface area contributed by atoms with Crippen molar-refractivity contribution in [2.24, 2.45) is 12.8 Å². The molecule has 0 amide bonds. The maximum absolute atomic E-state index is 6.33. The van der Waals surface area contributed by atoms with Crippen molar-refractivity contribution in [3.63, 3.8) is 0 Å². The summed E-state index contributed by atoms with van der Waals surface area (Å²) < 4.78 is 7.45. The molecule has 2 N–H and O–H groups in total. The second kappa shape index (κ2) is 5.14. The first-order chi connectivity index (χ1) is 8.16. The van der Waals surface area contributed by atoms with E-state index in [1.54, 1.807) is 11.8 Å². The number of nitrogens with two attached hydrogens (primary N) is 1. The number of ether oxygens (including phenoxy) is 1. The highest BCUT2D eigenvalue weighted by molar-refractivity contribution is 5.02. The van der Waals surface area contributed by atoms with Gasteiger partial charge in [0.2, 0.25) is 0 Å². The van der Waals surface area contributed by atoms with Gasteiger partial charge in [-0.15, -0.1) is 5.10 Å². The van der Waals surface area contributed by atoms with Gasteiger partial charge in [-0.1, -0.05) is 24.5 Å². The van der Waals surface area contributed by atoms with Gasteiger partial charge in [0.25, 0.3) is 0 Å². The molecule has 1 unspecified atom stereocenters. The van der Waals surface area contributed by atoms with Crippen LogP contribution in [0.4, 0.5) is 0 Å². The average Bonchev–Trinajstić information content (AvgIpc) is 2.75. The fourth-order valence-corrected chi connectivity index (χ4v) is 2.78. The van der Waals surface area contributed by atoms with Crippen molar-refractivity contribution in [2.45, 2.75) is 50.2 Å². The molecule has 1 fully saturated rings. The van der Waals surface area contributed by atoms with Crippen LogP contribution in [0.2, 0.25) is 0 Å². The molecule has 1 aliphatic rings. The van der Waals surface area contributed by atoms with E-state index in [0.717, 1.165) is 25.0 Å². The van der Waals surface area contributed by atoms with E-state index in [2.05, 4.69) is 10.3 Å². The molecule has 0 bridgehead atoms. The Hall–Kier alpha value is -0.940. The molecule has 5 nitrogen and oxygen atoms in total. The molecular weight excluding hydrogens is 216 g/mol. The van der Waals surface area contributed by atoms with Crippen LogP contribution in [0.1, 0.15) is 37.8 Å². The number of rotatable bonds is 4. The van der Waals surface area contributed by atoms with Gasteiger partial charge in [0.1, 0.15) is 0 Å². The smallest absolute Gasteiger partial charge is 0.0843 e. The maximum atomic E-state index is 6.33. The summed E-state index contributed by atoms with van der Waals surface area (Å²) >= 11 is 0.